The molecule has 1 aliphatic carbocycles. The molecule has 11 rings (SSSR count). The molecule has 5 heteroatoms. The molecule has 9 aromatic rings. The molecule has 3 unspecified atom stereocenters. The number of aryl methyl sites for hydroxylation is 1. The van der Waals surface area contributed by atoms with E-state index in [0.29, 0.717) is 17.6 Å². The third-order valence-corrected chi connectivity index (χ3v) is 14.8. The minimum atomic E-state index is 0.0933. The molecule has 2 aliphatic rings. The first-order valence-corrected chi connectivity index (χ1v) is 22.5. The van der Waals surface area contributed by atoms with E-state index in [2.05, 4.69) is 190 Å². The predicted octanol–water partition coefficient (Wildman–Crippen LogP) is 15.0. The SMILES string of the molecule is CCC(c1ccccc1)c1ccccc1-c1cc(-c2ccc3c(c2)C2C(c4nc(-c5ccccc5)nc(-c5cccc6c5sc5ccccc56)n4)=CC=CC2S3)ccc1C. The van der Waals surface area contributed by atoms with Crippen molar-refractivity contribution in [2.45, 2.75) is 42.2 Å². The van der Waals surface area contributed by atoms with Gasteiger partial charge in [-0.15, -0.1) is 23.1 Å². The zero-order chi connectivity index (χ0) is 40.2. The zero-order valence-corrected chi connectivity index (χ0v) is 35.1. The molecule has 3 heterocycles. The van der Waals surface area contributed by atoms with Gasteiger partial charge in [-0.1, -0.05) is 159 Å². The van der Waals surface area contributed by atoms with Crippen molar-refractivity contribution in [1.29, 1.82) is 0 Å². The van der Waals surface area contributed by atoms with E-state index in [1.54, 1.807) is 11.3 Å². The lowest BCUT2D eigenvalue weighted by Crippen LogP contribution is -2.15. The van der Waals surface area contributed by atoms with Gasteiger partial charge in [0.2, 0.25) is 0 Å². The summed E-state index contributed by atoms with van der Waals surface area (Å²) in [4.78, 5) is 17.1. The average molecular weight is 808 g/mol. The second kappa shape index (κ2) is 15.3. The van der Waals surface area contributed by atoms with E-state index in [0.717, 1.165) is 28.9 Å². The van der Waals surface area contributed by atoms with E-state index >= 15 is 0 Å². The number of benzene rings is 7. The Kier molecular flexibility index (Phi) is 9.36. The fraction of sp³-hybridized carbons (Fsp3) is 0.109. The molecule has 7 aromatic carbocycles. The van der Waals surface area contributed by atoms with Gasteiger partial charge in [0.05, 0.1) is 0 Å². The van der Waals surface area contributed by atoms with Gasteiger partial charge < -0.3 is 0 Å². The summed E-state index contributed by atoms with van der Waals surface area (Å²) >= 11 is 3.74. The lowest BCUT2D eigenvalue weighted by atomic mass is 9.82. The van der Waals surface area contributed by atoms with Gasteiger partial charge in [-0.2, -0.15) is 0 Å². The Morgan fingerprint density at radius 2 is 1.28 bits per heavy atom. The number of rotatable bonds is 8. The summed E-state index contributed by atoms with van der Waals surface area (Å²) in [6.45, 7) is 4.53. The quantitative estimate of drug-likeness (QED) is 0.153. The number of aromatic nitrogens is 3. The fourth-order valence-electron chi connectivity index (χ4n) is 9.27. The van der Waals surface area contributed by atoms with Crippen LogP contribution in [-0.2, 0) is 0 Å². The van der Waals surface area contributed by atoms with Crippen LogP contribution in [0.4, 0.5) is 0 Å². The van der Waals surface area contributed by atoms with E-state index in [1.165, 1.54) is 69.6 Å². The van der Waals surface area contributed by atoms with Crippen molar-refractivity contribution in [1.82, 2.24) is 15.0 Å². The largest absolute Gasteiger partial charge is 0.208 e. The predicted molar refractivity (Wildman–Crippen MR) is 254 cm³/mol. The molecule has 0 saturated heterocycles. The van der Waals surface area contributed by atoms with E-state index < -0.39 is 0 Å². The molecule has 3 atom stereocenters. The van der Waals surface area contributed by atoms with Gasteiger partial charge in [0.25, 0.3) is 0 Å². The van der Waals surface area contributed by atoms with Crippen LogP contribution < -0.4 is 0 Å². The highest BCUT2D eigenvalue weighted by Crippen LogP contribution is 2.54. The molecular weight excluding hydrogens is 767 g/mol. The highest BCUT2D eigenvalue weighted by Gasteiger charge is 2.38. The molecule has 0 spiro atoms. The maximum absolute atomic E-state index is 5.37. The minimum Gasteiger partial charge on any atom is -0.208 e. The smallest absolute Gasteiger partial charge is 0.165 e. The van der Waals surface area contributed by atoms with Crippen molar-refractivity contribution in [3.8, 4) is 45.0 Å². The van der Waals surface area contributed by atoms with Gasteiger partial charge in [0.1, 0.15) is 0 Å². The number of hydrogen-bond donors (Lipinski definition) is 0. The summed E-state index contributed by atoms with van der Waals surface area (Å²) in [6.07, 6.45) is 7.80. The highest BCUT2D eigenvalue weighted by molar-refractivity contribution is 8.00. The Hall–Kier alpha value is -6.40. The zero-order valence-electron chi connectivity index (χ0n) is 33.4. The molecule has 60 heavy (non-hydrogen) atoms. The van der Waals surface area contributed by atoms with Crippen LogP contribution in [0.5, 0.6) is 0 Å². The third kappa shape index (κ3) is 6.41. The summed E-state index contributed by atoms with van der Waals surface area (Å²) in [5, 5.41) is 2.73. The molecule has 3 nitrogen and oxygen atoms in total. The van der Waals surface area contributed by atoms with Crippen LogP contribution in [0.1, 0.15) is 53.3 Å². The maximum atomic E-state index is 5.37. The summed E-state index contributed by atoms with van der Waals surface area (Å²) in [6, 6.07) is 59.4. The summed E-state index contributed by atoms with van der Waals surface area (Å²) in [5.41, 5.74) is 13.5. The molecule has 0 fully saturated rings. The lowest BCUT2D eigenvalue weighted by Gasteiger charge is -2.23. The average Bonchev–Trinajstić information content (AvgIpc) is 3.89. The van der Waals surface area contributed by atoms with Gasteiger partial charge in [0.15, 0.2) is 17.5 Å². The monoisotopic (exact) mass is 807 g/mol. The van der Waals surface area contributed by atoms with Crippen molar-refractivity contribution in [2.75, 3.05) is 0 Å². The van der Waals surface area contributed by atoms with Crippen molar-refractivity contribution >= 4 is 48.8 Å². The Balaban J connectivity index is 1.01. The molecule has 0 radical (unpaired) electrons. The second-order valence-electron chi connectivity index (χ2n) is 15.8. The van der Waals surface area contributed by atoms with E-state index in [-0.39, 0.29) is 11.2 Å². The van der Waals surface area contributed by atoms with Gasteiger partial charge in [-0.05, 0) is 88.2 Å². The van der Waals surface area contributed by atoms with Crippen molar-refractivity contribution in [3.63, 3.8) is 0 Å². The number of allylic oxidation sites excluding steroid dienone is 3. The van der Waals surface area contributed by atoms with Crippen LogP contribution in [0.25, 0.3) is 70.8 Å². The molecule has 288 valence electrons. The lowest BCUT2D eigenvalue weighted by molar-refractivity contribution is 0.779. The van der Waals surface area contributed by atoms with Gasteiger partial charge >= 0.3 is 0 Å². The van der Waals surface area contributed by atoms with E-state index in [4.69, 9.17) is 15.0 Å². The standard InChI is InChI=1S/C55H41N3S2/c1-3-39(35-16-6-4-7-17-35)40-20-10-11-21-41(40)46-32-37(29-28-34(46)2)38-30-31-49-47(33-38)51-44(24-15-27-50(51)59-49)54-56-53(36-18-8-5-9-19-36)57-55(58-54)45-25-14-23-43-42-22-12-13-26-48(42)60-52(43)45/h4-33,39,50-51H,3H2,1-2H3. The maximum Gasteiger partial charge on any atom is 0.165 e. The second-order valence-corrected chi connectivity index (χ2v) is 18.0. The highest BCUT2D eigenvalue weighted by atomic mass is 32.2. The summed E-state index contributed by atoms with van der Waals surface area (Å²) in [5.74, 6) is 2.53. The number of nitrogens with zero attached hydrogens (tertiary/aromatic N) is 3. The van der Waals surface area contributed by atoms with E-state index in [1.807, 2.05) is 17.8 Å². The number of thiophene rings is 1. The van der Waals surface area contributed by atoms with Crippen LogP contribution in [0, 0.1) is 6.92 Å². The van der Waals surface area contributed by atoms with Gasteiger partial charge in [0, 0.05) is 58.9 Å². The molecule has 1 aliphatic heterocycles. The van der Waals surface area contributed by atoms with Gasteiger partial charge in [-0.25, -0.2) is 15.0 Å². The Labute approximate surface area is 359 Å². The first kappa shape index (κ1) is 36.7. The Bertz CT molecular complexity index is 3150. The minimum absolute atomic E-state index is 0.0933. The van der Waals surface area contributed by atoms with Crippen LogP contribution in [0.3, 0.4) is 0 Å². The van der Waals surface area contributed by atoms with Crippen molar-refractivity contribution in [3.05, 3.63) is 210 Å². The summed E-state index contributed by atoms with van der Waals surface area (Å²) in [7, 11) is 0. The Morgan fingerprint density at radius 1 is 0.583 bits per heavy atom. The first-order chi connectivity index (χ1) is 29.6. The number of thioether (sulfide) groups is 1. The molecule has 0 bridgehead atoms. The molecule has 2 aromatic heterocycles. The van der Waals surface area contributed by atoms with Crippen LogP contribution in [0.15, 0.2) is 187 Å². The molecular formula is C55H41N3S2. The fourth-order valence-corrected chi connectivity index (χ4v) is 11.8. The topological polar surface area (TPSA) is 38.7 Å². The number of hydrogen-bond acceptors (Lipinski definition) is 5. The van der Waals surface area contributed by atoms with Gasteiger partial charge in [-0.3, -0.25) is 0 Å². The van der Waals surface area contributed by atoms with Crippen molar-refractivity contribution < 1.29 is 0 Å². The number of fused-ring (bicyclic) bond motifs is 6. The Morgan fingerprint density at radius 3 is 2.15 bits per heavy atom. The molecule has 0 amide bonds. The van der Waals surface area contributed by atoms with Crippen molar-refractivity contribution in [2.24, 2.45) is 0 Å². The first-order valence-electron chi connectivity index (χ1n) is 20.8. The van der Waals surface area contributed by atoms with E-state index in [9.17, 15) is 0 Å². The third-order valence-electron chi connectivity index (χ3n) is 12.2. The molecule has 0 saturated carbocycles. The molecule has 0 N–H and O–H groups in total. The van der Waals surface area contributed by atoms with Crippen LogP contribution in [-0.4, -0.2) is 20.2 Å². The van der Waals surface area contributed by atoms with Crippen LogP contribution >= 0.6 is 23.1 Å². The summed E-state index contributed by atoms with van der Waals surface area (Å²) < 4.78 is 2.46. The normalized spacial score (nSPS) is 16.1. The van der Waals surface area contributed by atoms with Crippen LogP contribution in [0.2, 0.25) is 0 Å².